The maximum atomic E-state index is 2.16. The van der Waals surface area contributed by atoms with Gasteiger partial charge in [0.05, 0.1) is 0 Å². The Bertz CT molecular complexity index is 56.4. The van der Waals surface area contributed by atoms with Crippen LogP contribution in [0.25, 0.3) is 0 Å². The molecule has 0 aromatic rings. The molecule has 0 aromatic heterocycles. The van der Waals surface area contributed by atoms with E-state index >= 15 is 0 Å². The van der Waals surface area contributed by atoms with Gasteiger partial charge in [-0.15, -0.1) is 0 Å². The van der Waals surface area contributed by atoms with Gasteiger partial charge < -0.3 is 0 Å². The zero-order chi connectivity index (χ0) is 5.70. The van der Waals surface area contributed by atoms with Crippen molar-refractivity contribution in [2.24, 2.45) is 0 Å². The molecule has 0 saturated carbocycles. The monoisotopic (exact) mass is 97.1 g/mol. The predicted molar refractivity (Wildman–Crippen MR) is 34.0 cm³/mol. The topological polar surface area (TPSA) is 0 Å². The number of rotatable bonds is 2. The molecule has 0 aliphatic rings. The predicted octanol–water partition coefficient (Wildman–Crippen LogP) is 2.57. The largest absolute Gasteiger partial charge is 0.0822 e. The molecule has 0 spiro atoms. The highest BCUT2D eigenvalue weighted by molar-refractivity contribution is 5.01. The minimum absolute atomic E-state index is 1.14. The first kappa shape index (κ1) is 6.74. The van der Waals surface area contributed by atoms with Gasteiger partial charge >= 0.3 is 0 Å². The smallest absolute Gasteiger partial charge is 0.0171 e. The lowest BCUT2D eigenvalue weighted by Gasteiger charge is -1.84. The Morgan fingerprint density at radius 1 is 1.43 bits per heavy atom. The van der Waals surface area contributed by atoms with Crippen LogP contribution in [0.3, 0.4) is 0 Å². The normalized spacial score (nSPS) is 8.43. The van der Waals surface area contributed by atoms with Gasteiger partial charge in [0, 0.05) is 0 Å². The summed E-state index contributed by atoms with van der Waals surface area (Å²) in [6, 6.07) is 0. The molecule has 0 aromatic carbocycles. The summed E-state index contributed by atoms with van der Waals surface area (Å²) in [4.78, 5) is 0. The maximum absolute atomic E-state index is 2.16. The van der Waals surface area contributed by atoms with Gasteiger partial charge in [0.2, 0.25) is 0 Å². The zero-order valence-corrected chi connectivity index (χ0v) is 5.36. The van der Waals surface area contributed by atoms with E-state index in [1.165, 1.54) is 5.57 Å². The highest BCUT2D eigenvalue weighted by Crippen LogP contribution is 1.92. The molecule has 0 heteroatoms. The summed E-state index contributed by atoms with van der Waals surface area (Å²) in [5, 5.41) is 0. The number of hydrogen-bond donors (Lipinski definition) is 0. The van der Waals surface area contributed by atoms with Crippen molar-refractivity contribution < 1.29 is 0 Å². The lowest BCUT2D eigenvalue weighted by Crippen LogP contribution is -1.65. The van der Waals surface area contributed by atoms with E-state index in [9.17, 15) is 0 Å². The molecule has 0 rings (SSSR count). The molecule has 0 heterocycles. The zero-order valence-electron chi connectivity index (χ0n) is 5.36. The second-order valence-electron chi connectivity index (χ2n) is 1.89. The Morgan fingerprint density at radius 3 is 2.14 bits per heavy atom. The molecular formula is C7H13. The Balaban J connectivity index is 3.08. The van der Waals surface area contributed by atoms with Gasteiger partial charge in [-0.05, 0) is 26.7 Å². The molecule has 0 aliphatic carbocycles. The Kier molecular flexibility index (Phi) is 3.77. The Morgan fingerprint density at radius 2 is 2.00 bits per heavy atom. The minimum atomic E-state index is 1.14. The first-order valence-electron chi connectivity index (χ1n) is 2.74. The number of unbranched alkanes of at least 4 members (excludes halogenated alkanes) is 1. The van der Waals surface area contributed by atoms with Crippen LogP contribution in [-0.2, 0) is 0 Å². The van der Waals surface area contributed by atoms with Crippen LogP contribution < -0.4 is 0 Å². The highest BCUT2D eigenvalue weighted by atomic mass is 13.8. The van der Waals surface area contributed by atoms with Crippen LogP contribution in [0.1, 0.15) is 27.2 Å². The summed E-state index contributed by atoms with van der Waals surface area (Å²) >= 11 is 0. The van der Waals surface area contributed by atoms with Crippen molar-refractivity contribution in [2.75, 3.05) is 0 Å². The van der Waals surface area contributed by atoms with Gasteiger partial charge in [0.15, 0.2) is 0 Å². The van der Waals surface area contributed by atoms with Crippen molar-refractivity contribution in [3.8, 4) is 0 Å². The summed E-state index contributed by atoms with van der Waals surface area (Å²) < 4.78 is 0. The molecule has 0 fully saturated rings. The Hall–Kier alpha value is -0.260. The quantitative estimate of drug-likeness (QED) is 0.496. The first-order chi connectivity index (χ1) is 3.27. The van der Waals surface area contributed by atoms with Crippen molar-refractivity contribution >= 4 is 0 Å². The summed E-state index contributed by atoms with van der Waals surface area (Å²) in [5.41, 5.74) is 1.38. The molecular weight excluding hydrogens is 84.1 g/mol. The summed E-state index contributed by atoms with van der Waals surface area (Å²) in [7, 11) is 0. The van der Waals surface area contributed by atoms with Gasteiger partial charge in [0.25, 0.3) is 0 Å². The average Bonchev–Trinajstić information content (AvgIpc) is 1.61. The van der Waals surface area contributed by atoms with Crippen LogP contribution in [0, 0.1) is 6.42 Å². The van der Waals surface area contributed by atoms with E-state index in [1.54, 1.807) is 0 Å². The fourth-order valence-corrected chi connectivity index (χ4v) is 0.354. The van der Waals surface area contributed by atoms with Gasteiger partial charge in [0.1, 0.15) is 0 Å². The number of allylic oxidation sites excluding steroid dienone is 2. The van der Waals surface area contributed by atoms with Gasteiger partial charge in [-0.3, -0.25) is 0 Å². The molecule has 0 atom stereocenters. The third-order valence-corrected chi connectivity index (χ3v) is 0.687. The lowest BCUT2D eigenvalue weighted by molar-refractivity contribution is 1.13. The van der Waals surface area contributed by atoms with Crippen LogP contribution in [0.15, 0.2) is 11.6 Å². The fourth-order valence-electron chi connectivity index (χ4n) is 0.354. The van der Waals surface area contributed by atoms with Crippen LogP contribution in [0.4, 0.5) is 0 Å². The van der Waals surface area contributed by atoms with Crippen LogP contribution in [0.2, 0.25) is 0 Å². The van der Waals surface area contributed by atoms with E-state index < -0.39 is 0 Å². The molecule has 0 saturated heterocycles. The standard InChI is InChI=1S/C7H13/c1-4-5-6-7(2)3/h5-6H,4H2,1-3H3. The van der Waals surface area contributed by atoms with E-state index in [1.807, 2.05) is 0 Å². The average molecular weight is 97.2 g/mol. The van der Waals surface area contributed by atoms with Gasteiger partial charge in [-0.2, -0.15) is 0 Å². The van der Waals surface area contributed by atoms with Crippen molar-refractivity contribution in [3.63, 3.8) is 0 Å². The van der Waals surface area contributed by atoms with Crippen molar-refractivity contribution in [3.05, 3.63) is 18.1 Å². The van der Waals surface area contributed by atoms with E-state index in [0.717, 1.165) is 6.42 Å². The van der Waals surface area contributed by atoms with Gasteiger partial charge in [-0.1, -0.05) is 18.6 Å². The fraction of sp³-hybridized carbons (Fsp3) is 0.571. The molecule has 41 valence electrons. The summed E-state index contributed by atoms with van der Waals surface area (Å²) in [6.07, 6.45) is 5.44. The minimum Gasteiger partial charge on any atom is -0.0822 e. The molecule has 0 bridgehead atoms. The summed E-state index contributed by atoms with van der Waals surface area (Å²) in [6.45, 7) is 6.35. The highest BCUT2D eigenvalue weighted by Gasteiger charge is 1.73. The second kappa shape index (κ2) is 3.91. The molecule has 7 heavy (non-hydrogen) atoms. The van der Waals surface area contributed by atoms with Crippen LogP contribution in [0.5, 0.6) is 0 Å². The molecule has 0 amide bonds. The van der Waals surface area contributed by atoms with E-state index in [-0.39, 0.29) is 0 Å². The Labute approximate surface area is 46.2 Å². The third kappa shape index (κ3) is 5.74. The van der Waals surface area contributed by atoms with Crippen molar-refractivity contribution in [1.82, 2.24) is 0 Å². The van der Waals surface area contributed by atoms with E-state index in [0.29, 0.717) is 0 Å². The molecule has 1 radical (unpaired) electrons. The molecule has 0 nitrogen and oxygen atoms in total. The van der Waals surface area contributed by atoms with E-state index in [2.05, 4.69) is 33.3 Å². The molecule has 0 unspecified atom stereocenters. The molecule has 0 N–H and O–H groups in total. The van der Waals surface area contributed by atoms with Crippen molar-refractivity contribution in [2.45, 2.75) is 27.2 Å². The van der Waals surface area contributed by atoms with Crippen LogP contribution in [-0.4, -0.2) is 0 Å². The second-order valence-corrected chi connectivity index (χ2v) is 1.89. The SMILES string of the molecule is CC[CH]C=C(C)C. The van der Waals surface area contributed by atoms with Crippen LogP contribution >= 0.6 is 0 Å². The maximum Gasteiger partial charge on any atom is -0.0171 e. The first-order valence-corrected chi connectivity index (χ1v) is 2.74. The summed E-state index contributed by atoms with van der Waals surface area (Å²) in [5.74, 6) is 0. The van der Waals surface area contributed by atoms with E-state index in [4.69, 9.17) is 0 Å². The van der Waals surface area contributed by atoms with Crippen molar-refractivity contribution in [1.29, 1.82) is 0 Å². The molecule has 0 aliphatic heterocycles. The lowest BCUT2D eigenvalue weighted by atomic mass is 10.2. The third-order valence-electron chi connectivity index (χ3n) is 0.687. The number of hydrogen-bond acceptors (Lipinski definition) is 0. The van der Waals surface area contributed by atoms with Gasteiger partial charge in [-0.25, -0.2) is 0 Å².